The first kappa shape index (κ1) is 21.4. The fraction of sp³-hybridized carbons (Fsp3) is 0.667. The number of nitrogens with zero attached hydrogens (tertiary/aromatic N) is 5. The van der Waals surface area contributed by atoms with Crippen LogP contribution in [0.4, 0.5) is 11.5 Å². The van der Waals surface area contributed by atoms with Crippen molar-refractivity contribution >= 4 is 29.0 Å². The fourth-order valence-corrected chi connectivity index (χ4v) is 7.27. The minimum absolute atomic E-state index is 0.0275. The molecule has 1 N–H and O–H groups in total. The smallest absolute Gasteiger partial charge is 0.362 e. The van der Waals surface area contributed by atoms with Gasteiger partial charge in [-0.2, -0.15) is 9.78 Å². The predicted octanol–water partition coefficient (Wildman–Crippen LogP) is 3.88. The molecule has 4 aliphatic carbocycles. The molecule has 2 heterocycles. The molecule has 0 aromatic carbocycles. The average molecular weight is 463 g/mol. The molecule has 0 saturated heterocycles. The van der Waals surface area contributed by atoms with Crippen LogP contribution in [0.2, 0.25) is 5.02 Å². The fourth-order valence-electron chi connectivity index (χ4n) is 7.08. The maximum atomic E-state index is 13.0. The van der Waals surface area contributed by atoms with Crippen molar-refractivity contribution in [2.24, 2.45) is 17.3 Å². The quantitative estimate of drug-likeness (QED) is 0.493. The Labute approximate surface area is 190 Å². The third-order valence-corrected chi connectivity index (χ3v) is 7.96. The molecule has 4 bridgehead atoms. The summed E-state index contributed by atoms with van der Waals surface area (Å²) in [6, 6.07) is 0. The third-order valence-electron chi connectivity index (χ3n) is 7.51. The largest absolute Gasteiger partial charge is 0.408 e. The van der Waals surface area contributed by atoms with Gasteiger partial charge in [0.05, 0.1) is 34.4 Å². The molecule has 11 heteroatoms. The van der Waals surface area contributed by atoms with Gasteiger partial charge in [-0.3, -0.25) is 4.79 Å². The molecule has 1 amide bonds. The number of halogens is 1. The molecule has 32 heavy (non-hydrogen) atoms. The number of carbonyl (C=O) groups is 1. The second-order valence-corrected chi connectivity index (χ2v) is 10.4. The van der Waals surface area contributed by atoms with E-state index in [1.54, 1.807) is 31.1 Å². The molecule has 6 rings (SSSR count). The number of aromatic nitrogens is 4. The van der Waals surface area contributed by atoms with E-state index in [0.717, 1.165) is 38.5 Å². The highest BCUT2D eigenvalue weighted by Gasteiger charge is 2.60. The highest BCUT2D eigenvalue weighted by molar-refractivity contribution is 6.33. The lowest BCUT2D eigenvalue weighted by atomic mass is 9.46. The van der Waals surface area contributed by atoms with Crippen molar-refractivity contribution in [3.8, 4) is 0 Å². The van der Waals surface area contributed by atoms with Crippen molar-refractivity contribution in [1.29, 1.82) is 0 Å². The van der Waals surface area contributed by atoms with Crippen LogP contribution in [0.25, 0.3) is 0 Å². The Bertz CT molecular complexity index is 1060. The van der Waals surface area contributed by atoms with Crippen LogP contribution in [0.1, 0.15) is 50.6 Å². The summed E-state index contributed by atoms with van der Waals surface area (Å²) in [6.07, 6.45) is 9.63. The SMILES string of the molecule is COCn1cc(NC(=O)CC23CC4CC(C2)CC(n2nc([N+](=O)[O-])c(Cl)c2C)(C4)C3)cn1. The van der Waals surface area contributed by atoms with Crippen molar-refractivity contribution in [3.05, 3.63) is 33.2 Å². The Kier molecular flexibility index (Phi) is 5.05. The number of ether oxygens (including phenoxy) is 1. The first-order chi connectivity index (χ1) is 15.2. The number of nitro groups is 1. The van der Waals surface area contributed by atoms with Crippen molar-refractivity contribution in [2.45, 2.75) is 64.1 Å². The zero-order chi connectivity index (χ0) is 22.7. The van der Waals surface area contributed by atoms with E-state index in [0.29, 0.717) is 36.4 Å². The summed E-state index contributed by atoms with van der Waals surface area (Å²) >= 11 is 6.28. The Balaban J connectivity index is 1.39. The molecular formula is C21H27ClN6O4. The van der Waals surface area contributed by atoms with E-state index in [1.165, 1.54) is 0 Å². The van der Waals surface area contributed by atoms with E-state index in [1.807, 2.05) is 4.68 Å². The van der Waals surface area contributed by atoms with E-state index in [9.17, 15) is 14.9 Å². The van der Waals surface area contributed by atoms with Gasteiger partial charge in [-0.05, 0) is 67.6 Å². The van der Waals surface area contributed by atoms with Crippen LogP contribution in [0.3, 0.4) is 0 Å². The molecule has 172 valence electrons. The number of hydrogen-bond acceptors (Lipinski definition) is 6. The molecule has 4 fully saturated rings. The first-order valence-corrected chi connectivity index (χ1v) is 11.3. The van der Waals surface area contributed by atoms with Crippen LogP contribution in [0.15, 0.2) is 12.4 Å². The summed E-state index contributed by atoms with van der Waals surface area (Å²) in [5, 5.41) is 23.0. The van der Waals surface area contributed by atoms with Crippen LogP contribution in [0, 0.1) is 34.3 Å². The van der Waals surface area contributed by atoms with Crippen LogP contribution >= 0.6 is 11.6 Å². The van der Waals surface area contributed by atoms with Gasteiger partial charge in [-0.25, -0.2) is 4.68 Å². The summed E-state index contributed by atoms with van der Waals surface area (Å²) in [4.78, 5) is 23.9. The number of carbonyl (C=O) groups excluding carboxylic acids is 1. The molecule has 10 nitrogen and oxygen atoms in total. The van der Waals surface area contributed by atoms with Gasteiger partial charge in [0.1, 0.15) is 6.73 Å². The first-order valence-electron chi connectivity index (χ1n) is 10.9. The van der Waals surface area contributed by atoms with E-state index in [4.69, 9.17) is 16.3 Å². The monoisotopic (exact) mass is 462 g/mol. The second-order valence-electron chi connectivity index (χ2n) is 9.99. The summed E-state index contributed by atoms with van der Waals surface area (Å²) < 4.78 is 8.50. The van der Waals surface area contributed by atoms with E-state index in [2.05, 4.69) is 15.5 Å². The van der Waals surface area contributed by atoms with Crippen molar-refractivity contribution < 1.29 is 14.5 Å². The zero-order valence-corrected chi connectivity index (χ0v) is 19.0. The number of hydrogen-bond donors (Lipinski definition) is 1. The number of nitrogens with one attached hydrogen (secondary N) is 1. The van der Waals surface area contributed by atoms with Gasteiger partial charge in [0, 0.05) is 13.5 Å². The molecule has 2 aromatic rings. The second kappa shape index (κ2) is 7.55. The number of anilines is 1. The summed E-state index contributed by atoms with van der Waals surface area (Å²) in [5.41, 5.74) is 0.855. The summed E-state index contributed by atoms with van der Waals surface area (Å²) in [5.74, 6) is 0.685. The molecule has 2 aromatic heterocycles. The summed E-state index contributed by atoms with van der Waals surface area (Å²) in [6.45, 7) is 2.13. The molecule has 0 radical (unpaired) electrons. The Hall–Kier alpha value is -2.46. The van der Waals surface area contributed by atoms with Crippen LogP contribution in [-0.2, 0) is 21.8 Å². The number of methoxy groups -OCH3 is 1. The van der Waals surface area contributed by atoms with Crippen LogP contribution in [0.5, 0.6) is 0 Å². The Morgan fingerprint density at radius 1 is 1.38 bits per heavy atom. The molecule has 2 unspecified atom stereocenters. The predicted molar refractivity (Wildman–Crippen MR) is 116 cm³/mol. The van der Waals surface area contributed by atoms with Crippen LogP contribution in [-0.4, -0.2) is 37.5 Å². The topological polar surface area (TPSA) is 117 Å². The Morgan fingerprint density at radius 3 is 2.72 bits per heavy atom. The van der Waals surface area contributed by atoms with E-state index in [-0.39, 0.29) is 27.7 Å². The molecular weight excluding hydrogens is 436 g/mol. The molecule has 0 aliphatic heterocycles. The van der Waals surface area contributed by atoms with E-state index >= 15 is 0 Å². The lowest BCUT2D eigenvalue weighted by Crippen LogP contribution is -2.57. The van der Waals surface area contributed by atoms with Gasteiger partial charge in [-0.1, -0.05) is 11.6 Å². The third kappa shape index (κ3) is 3.49. The van der Waals surface area contributed by atoms with Gasteiger partial charge in [0.25, 0.3) is 0 Å². The van der Waals surface area contributed by atoms with Gasteiger partial charge in [0.2, 0.25) is 5.91 Å². The maximum Gasteiger partial charge on any atom is 0.408 e. The van der Waals surface area contributed by atoms with Gasteiger partial charge >= 0.3 is 5.82 Å². The van der Waals surface area contributed by atoms with Gasteiger partial charge < -0.3 is 20.2 Å². The number of rotatable bonds is 7. The lowest BCUT2D eigenvalue weighted by molar-refractivity contribution is -0.389. The highest BCUT2D eigenvalue weighted by atomic mass is 35.5. The van der Waals surface area contributed by atoms with E-state index < -0.39 is 4.92 Å². The number of amides is 1. The molecule has 4 saturated carbocycles. The molecule has 4 aliphatic rings. The molecule has 0 spiro atoms. The lowest BCUT2D eigenvalue weighted by Gasteiger charge is -2.61. The molecule has 2 atom stereocenters. The highest BCUT2D eigenvalue weighted by Crippen LogP contribution is 2.65. The van der Waals surface area contributed by atoms with Crippen LogP contribution < -0.4 is 5.32 Å². The maximum absolute atomic E-state index is 13.0. The normalized spacial score (nSPS) is 30.6. The summed E-state index contributed by atoms with van der Waals surface area (Å²) in [7, 11) is 1.59. The zero-order valence-electron chi connectivity index (χ0n) is 18.2. The Morgan fingerprint density at radius 2 is 2.09 bits per heavy atom. The van der Waals surface area contributed by atoms with Gasteiger partial charge in [-0.15, -0.1) is 0 Å². The van der Waals surface area contributed by atoms with Gasteiger partial charge in [0.15, 0.2) is 5.02 Å². The van der Waals surface area contributed by atoms with Crippen molar-refractivity contribution in [2.75, 3.05) is 12.4 Å². The minimum Gasteiger partial charge on any atom is -0.362 e. The van der Waals surface area contributed by atoms with Crippen molar-refractivity contribution in [3.63, 3.8) is 0 Å². The average Bonchev–Trinajstić information content (AvgIpc) is 3.25. The van der Waals surface area contributed by atoms with Crippen molar-refractivity contribution in [1.82, 2.24) is 19.6 Å². The standard InChI is InChI=1S/C21H27ClN6O4/c1-13-18(22)19(28(30)31)25-27(13)21-6-14-3-15(7-21)5-20(4-14,11-21)8-17(29)24-16-9-23-26(10-16)12-32-2/h9-10,14-15H,3-8,11-12H2,1-2H3,(H,24,29). The minimum atomic E-state index is -0.515.